The van der Waals surface area contributed by atoms with E-state index in [-0.39, 0.29) is 22.5 Å². The smallest absolute Gasteiger partial charge is 0.263 e. The summed E-state index contributed by atoms with van der Waals surface area (Å²) in [6, 6.07) is 7.97. The Bertz CT molecular complexity index is 1130. The van der Waals surface area contributed by atoms with Gasteiger partial charge in [0.2, 0.25) is 5.03 Å². The van der Waals surface area contributed by atoms with Crippen molar-refractivity contribution in [2.24, 2.45) is 0 Å². The number of aromatic nitrogens is 2. The van der Waals surface area contributed by atoms with Gasteiger partial charge in [0.1, 0.15) is 5.75 Å². The van der Waals surface area contributed by atoms with Crippen LogP contribution in [0.4, 0.5) is 5.69 Å². The lowest BCUT2D eigenvalue weighted by Crippen LogP contribution is -2.49. The summed E-state index contributed by atoms with van der Waals surface area (Å²) >= 11 is 0. The first-order valence-electron chi connectivity index (χ1n) is 13.2. The van der Waals surface area contributed by atoms with Crippen LogP contribution in [0.3, 0.4) is 0 Å². The molecule has 0 spiro atoms. The van der Waals surface area contributed by atoms with Crippen molar-refractivity contribution in [2.75, 3.05) is 44.7 Å². The number of amides is 1. The number of anilines is 1. The van der Waals surface area contributed by atoms with Crippen LogP contribution in [0.15, 0.2) is 35.5 Å². The standard InChI is InChI=1S/C26H39N5O4S/c1-4-15-30-20-22(26(32)28(3)21-11-7-6-8-12-21)25(27-30)36(33,34)31-18-16-29(17-19-31)23-13-9-10-14-24(23)35-5-2/h9-10,13-14,20-21H,4-8,11-12,15-19H2,1-3H3. The minimum atomic E-state index is -3.93. The number of sulfonamides is 1. The van der Waals surface area contributed by atoms with Gasteiger partial charge in [-0.2, -0.15) is 9.40 Å². The van der Waals surface area contributed by atoms with Gasteiger partial charge in [0.15, 0.2) is 0 Å². The lowest BCUT2D eigenvalue weighted by Gasteiger charge is -2.36. The molecule has 2 heterocycles. The highest BCUT2D eigenvalue weighted by Gasteiger charge is 2.36. The number of ether oxygens (including phenoxy) is 1. The second-order valence-electron chi connectivity index (χ2n) is 9.61. The number of benzene rings is 1. The molecular weight excluding hydrogens is 478 g/mol. The van der Waals surface area contributed by atoms with Crippen LogP contribution >= 0.6 is 0 Å². The van der Waals surface area contributed by atoms with Gasteiger partial charge in [-0.15, -0.1) is 0 Å². The topological polar surface area (TPSA) is 88.0 Å². The minimum Gasteiger partial charge on any atom is -0.492 e. The average Bonchev–Trinajstić information content (AvgIpc) is 3.34. The highest BCUT2D eigenvalue weighted by Crippen LogP contribution is 2.30. The van der Waals surface area contributed by atoms with Crippen molar-refractivity contribution in [1.29, 1.82) is 0 Å². The van der Waals surface area contributed by atoms with Gasteiger partial charge in [-0.25, -0.2) is 8.42 Å². The quantitative estimate of drug-likeness (QED) is 0.505. The Morgan fingerprint density at radius 1 is 1.08 bits per heavy atom. The maximum absolute atomic E-state index is 13.8. The molecule has 36 heavy (non-hydrogen) atoms. The highest BCUT2D eigenvalue weighted by atomic mass is 32.2. The zero-order chi connectivity index (χ0) is 25.7. The molecule has 2 aromatic rings. The van der Waals surface area contributed by atoms with Crippen molar-refractivity contribution in [3.63, 3.8) is 0 Å². The number of carbonyl (C=O) groups is 1. The lowest BCUT2D eigenvalue weighted by atomic mass is 9.94. The van der Waals surface area contributed by atoms with E-state index in [1.807, 2.05) is 38.1 Å². The first-order chi connectivity index (χ1) is 17.4. The molecule has 1 aliphatic carbocycles. The Morgan fingerprint density at radius 2 is 1.78 bits per heavy atom. The predicted octanol–water partition coefficient (Wildman–Crippen LogP) is 3.61. The number of nitrogens with zero attached hydrogens (tertiary/aromatic N) is 5. The SMILES string of the molecule is CCCn1cc(C(=O)N(C)C2CCCCC2)c(S(=O)(=O)N2CCN(c3ccccc3OCC)CC2)n1. The molecule has 0 bridgehead atoms. The monoisotopic (exact) mass is 517 g/mol. The van der Waals surface area contributed by atoms with Gasteiger partial charge in [0, 0.05) is 52.0 Å². The fourth-order valence-corrected chi connectivity index (χ4v) is 6.71. The third-order valence-corrected chi connectivity index (χ3v) is 9.02. The van der Waals surface area contributed by atoms with E-state index < -0.39 is 10.0 Å². The largest absolute Gasteiger partial charge is 0.492 e. The van der Waals surface area contributed by atoms with E-state index in [2.05, 4.69) is 10.00 Å². The van der Waals surface area contributed by atoms with E-state index in [0.717, 1.165) is 43.5 Å². The summed E-state index contributed by atoms with van der Waals surface area (Å²) in [4.78, 5) is 17.4. The summed E-state index contributed by atoms with van der Waals surface area (Å²) in [5.74, 6) is 0.542. The van der Waals surface area contributed by atoms with E-state index in [0.29, 0.717) is 39.3 Å². The third-order valence-electron chi connectivity index (χ3n) is 7.18. The van der Waals surface area contributed by atoms with Gasteiger partial charge in [0.25, 0.3) is 15.9 Å². The Labute approximate surface area is 215 Å². The molecule has 1 aliphatic heterocycles. The Hall–Kier alpha value is -2.59. The fraction of sp³-hybridized carbons (Fsp3) is 0.615. The molecule has 0 radical (unpaired) electrons. The predicted molar refractivity (Wildman–Crippen MR) is 140 cm³/mol. The Kier molecular flexibility index (Phi) is 8.56. The van der Waals surface area contributed by atoms with E-state index in [1.54, 1.807) is 22.8 Å². The van der Waals surface area contributed by atoms with Crippen LogP contribution in [0.1, 0.15) is 62.7 Å². The van der Waals surface area contributed by atoms with Crippen LogP contribution in [-0.2, 0) is 16.6 Å². The van der Waals surface area contributed by atoms with Crippen LogP contribution in [0.25, 0.3) is 0 Å². The van der Waals surface area contributed by atoms with Crippen LogP contribution in [0, 0.1) is 0 Å². The average molecular weight is 518 g/mol. The summed E-state index contributed by atoms with van der Waals surface area (Å²) < 4.78 is 36.4. The first-order valence-corrected chi connectivity index (χ1v) is 14.6. The Balaban J connectivity index is 1.55. The van der Waals surface area contributed by atoms with Gasteiger partial charge in [0.05, 0.1) is 17.9 Å². The number of carbonyl (C=O) groups excluding carboxylic acids is 1. The number of hydrogen-bond donors (Lipinski definition) is 0. The van der Waals surface area contributed by atoms with Crippen LogP contribution < -0.4 is 9.64 Å². The van der Waals surface area contributed by atoms with Crippen molar-refractivity contribution in [3.05, 3.63) is 36.0 Å². The summed E-state index contributed by atoms with van der Waals surface area (Å²) in [6.45, 7) is 6.77. The molecule has 0 N–H and O–H groups in total. The zero-order valence-electron chi connectivity index (χ0n) is 21.7. The van der Waals surface area contributed by atoms with Crippen molar-refractivity contribution in [1.82, 2.24) is 19.0 Å². The fourth-order valence-electron chi connectivity index (χ4n) is 5.20. The number of aryl methyl sites for hydroxylation is 1. The summed E-state index contributed by atoms with van der Waals surface area (Å²) in [5.41, 5.74) is 1.15. The molecule has 1 aromatic carbocycles. The second-order valence-corrected chi connectivity index (χ2v) is 11.5. The van der Waals surface area contributed by atoms with Crippen LogP contribution in [0.5, 0.6) is 5.75 Å². The minimum absolute atomic E-state index is 0.119. The van der Waals surface area contributed by atoms with Crippen molar-refractivity contribution >= 4 is 21.6 Å². The second kappa shape index (κ2) is 11.6. The van der Waals surface area contributed by atoms with Gasteiger partial charge in [-0.1, -0.05) is 38.3 Å². The van der Waals surface area contributed by atoms with E-state index in [1.165, 1.54) is 10.7 Å². The molecule has 1 aromatic heterocycles. The highest BCUT2D eigenvalue weighted by molar-refractivity contribution is 7.89. The van der Waals surface area contributed by atoms with Crippen LogP contribution in [0.2, 0.25) is 0 Å². The van der Waals surface area contributed by atoms with Crippen LogP contribution in [-0.4, -0.2) is 79.2 Å². The van der Waals surface area contributed by atoms with Crippen molar-refractivity contribution in [2.45, 2.75) is 70.0 Å². The summed E-state index contributed by atoms with van der Waals surface area (Å²) in [5, 5.41) is 4.30. The normalized spacial score (nSPS) is 17.8. The number of rotatable bonds is 9. The molecule has 198 valence electrons. The molecule has 2 aliphatic rings. The molecule has 0 atom stereocenters. The molecular formula is C26H39N5O4S. The molecule has 0 unspecified atom stereocenters. The molecule has 2 fully saturated rings. The number of hydrogen-bond acceptors (Lipinski definition) is 6. The molecule has 1 amide bonds. The lowest BCUT2D eigenvalue weighted by molar-refractivity contribution is 0.0692. The number of piperazine rings is 1. The van der Waals surface area contributed by atoms with Gasteiger partial charge >= 0.3 is 0 Å². The first kappa shape index (κ1) is 26.5. The van der Waals surface area contributed by atoms with E-state index in [9.17, 15) is 13.2 Å². The molecule has 9 nitrogen and oxygen atoms in total. The maximum atomic E-state index is 13.8. The Morgan fingerprint density at radius 3 is 2.44 bits per heavy atom. The number of para-hydroxylation sites is 2. The van der Waals surface area contributed by atoms with Gasteiger partial charge in [-0.3, -0.25) is 9.48 Å². The molecule has 1 saturated heterocycles. The van der Waals surface area contributed by atoms with Gasteiger partial charge in [-0.05, 0) is 38.3 Å². The zero-order valence-corrected chi connectivity index (χ0v) is 22.5. The third kappa shape index (κ3) is 5.54. The van der Waals surface area contributed by atoms with Crippen molar-refractivity contribution in [3.8, 4) is 5.75 Å². The van der Waals surface area contributed by atoms with E-state index in [4.69, 9.17) is 4.74 Å². The molecule has 1 saturated carbocycles. The molecule has 10 heteroatoms. The van der Waals surface area contributed by atoms with Crippen molar-refractivity contribution < 1.29 is 17.9 Å². The van der Waals surface area contributed by atoms with E-state index >= 15 is 0 Å². The maximum Gasteiger partial charge on any atom is 0.263 e. The summed E-state index contributed by atoms with van der Waals surface area (Å²) in [6.07, 6.45) is 7.71. The van der Waals surface area contributed by atoms with Gasteiger partial charge < -0.3 is 14.5 Å². The molecule has 4 rings (SSSR count). The summed E-state index contributed by atoms with van der Waals surface area (Å²) in [7, 11) is -2.14.